The molecule has 1 heterocycles. The van der Waals surface area contributed by atoms with Gasteiger partial charge in [0.05, 0.1) is 11.0 Å². The molecule has 3 aromatic rings. The molecule has 1 heteroatoms. The lowest BCUT2D eigenvalue weighted by Crippen LogP contribution is -2.02. The number of nitrogens with zero attached hydrogens (tertiary/aromatic N) is 1. The van der Waals surface area contributed by atoms with E-state index in [0.29, 0.717) is 0 Å². The van der Waals surface area contributed by atoms with Crippen molar-refractivity contribution in [3.8, 4) is 24.7 Å². The van der Waals surface area contributed by atoms with E-state index in [0.717, 1.165) is 36.9 Å². The molecule has 0 saturated carbocycles. The van der Waals surface area contributed by atoms with Crippen molar-refractivity contribution in [2.45, 2.75) is 156 Å². The third-order valence-corrected chi connectivity index (χ3v) is 8.85. The molecule has 1 aromatic heterocycles. The summed E-state index contributed by atoms with van der Waals surface area (Å²) in [4.78, 5) is 0. The van der Waals surface area contributed by atoms with Crippen molar-refractivity contribution in [3.63, 3.8) is 0 Å². The van der Waals surface area contributed by atoms with Crippen molar-refractivity contribution in [2.24, 2.45) is 0 Å². The molecule has 0 N–H and O–H groups in total. The minimum atomic E-state index is 0.975. The average molecular weight is 552 g/mol. The van der Waals surface area contributed by atoms with E-state index in [-0.39, 0.29) is 0 Å². The lowest BCUT2D eigenvalue weighted by Gasteiger charge is -2.12. The lowest BCUT2D eigenvalue weighted by molar-refractivity contribution is 0.571. The summed E-state index contributed by atoms with van der Waals surface area (Å²) in [5, 5.41) is 2.62. The number of hydrogen-bond acceptors (Lipinski definition) is 0. The molecule has 0 atom stereocenters. The molecule has 0 aliphatic carbocycles. The summed E-state index contributed by atoms with van der Waals surface area (Å²) < 4.78 is 2.48. The minimum Gasteiger partial charge on any atom is -0.338 e. The van der Waals surface area contributed by atoms with Gasteiger partial charge in [-0.1, -0.05) is 129 Å². The molecule has 0 spiro atoms. The predicted octanol–water partition coefficient (Wildman–Crippen LogP) is 11.9. The van der Waals surface area contributed by atoms with Crippen LogP contribution in [0.25, 0.3) is 21.8 Å². The third-order valence-electron chi connectivity index (χ3n) is 8.85. The minimum absolute atomic E-state index is 0.975. The number of benzene rings is 2. The first-order valence-electron chi connectivity index (χ1n) is 17.2. The molecule has 0 radical (unpaired) electrons. The smallest absolute Gasteiger partial charge is 0.0650 e. The van der Waals surface area contributed by atoms with Crippen LogP contribution in [0.5, 0.6) is 0 Å². The number of unbranched alkanes of at least 4 members (excludes halogenated alkanes) is 15. The zero-order valence-corrected chi connectivity index (χ0v) is 26.8. The van der Waals surface area contributed by atoms with Crippen LogP contribution in [0, 0.1) is 24.7 Å². The Morgan fingerprint density at radius 1 is 0.488 bits per heavy atom. The van der Waals surface area contributed by atoms with Crippen LogP contribution in [0.4, 0.5) is 0 Å². The number of terminal acetylenes is 2. The Balaban J connectivity index is 1.95. The van der Waals surface area contributed by atoms with Crippen LogP contribution in [0.15, 0.2) is 24.3 Å². The van der Waals surface area contributed by atoms with Crippen molar-refractivity contribution in [3.05, 3.63) is 46.5 Å². The molecular formula is C40H57N. The molecule has 0 saturated heterocycles. The Labute approximate surface area is 252 Å². The second kappa shape index (κ2) is 18.7. The zero-order chi connectivity index (χ0) is 29.3. The first kappa shape index (κ1) is 32.9. The van der Waals surface area contributed by atoms with Gasteiger partial charge in [0, 0.05) is 28.4 Å². The van der Waals surface area contributed by atoms with Crippen LogP contribution < -0.4 is 0 Å². The molecule has 3 rings (SSSR count). The van der Waals surface area contributed by atoms with Gasteiger partial charge in [0.15, 0.2) is 0 Å². The predicted molar refractivity (Wildman–Crippen MR) is 183 cm³/mol. The van der Waals surface area contributed by atoms with Crippen LogP contribution in [0.3, 0.4) is 0 Å². The van der Waals surface area contributed by atoms with Crippen LogP contribution in [-0.2, 0) is 19.4 Å². The van der Waals surface area contributed by atoms with E-state index in [4.69, 9.17) is 12.8 Å². The summed E-state index contributed by atoms with van der Waals surface area (Å²) in [6, 6.07) is 9.46. The fraction of sp³-hybridized carbons (Fsp3) is 0.600. The number of aryl methyl sites for hydroxylation is 3. The molecule has 0 bridgehead atoms. The highest BCUT2D eigenvalue weighted by Crippen LogP contribution is 2.36. The van der Waals surface area contributed by atoms with Gasteiger partial charge >= 0.3 is 0 Å². The maximum Gasteiger partial charge on any atom is 0.0650 e. The number of hydrogen-bond donors (Lipinski definition) is 0. The van der Waals surface area contributed by atoms with Crippen LogP contribution >= 0.6 is 0 Å². The average Bonchev–Trinajstić information content (AvgIpc) is 3.31. The Kier molecular flexibility index (Phi) is 15.0. The van der Waals surface area contributed by atoms with Crippen molar-refractivity contribution < 1.29 is 0 Å². The molecule has 0 aliphatic heterocycles. The maximum absolute atomic E-state index is 6.21. The van der Waals surface area contributed by atoms with Crippen molar-refractivity contribution in [1.82, 2.24) is 4.57 Å². The number of aromatic nitrogens is 1. The van der Waals surface area contributed by atoms with Gasteiger partial charge in [0.2, 0.25) is 0 Å². The molecule has 0 amide bonds. The molecule has 0 unspecified atom stereocenters. The third kappa shape index (κ3) is 9.71. The molecular weight excluding hydrogens is 494 g/mol. The fourth-order valence-electron chi connectivity index (χ4n) is 6.49. The molecule has 41 heavy (non-hydrogen) atoms. The standard InChI is InChI=1S/C40H57N/c1-6-11-14-17-20-23-26-33-29-35(9-4)39-37(31-33)38-32-34(27-24-21-18-15-12-7-2)30-36(10-5)40(38)41(39)28-25-22-19-16-13-8-3/h4-5,29-32H,6-8,11-28H2,1-3H3. The van der Waals surface area contributed by atoms with Gasteiger partial charge in [0.1, 0.15) is 0 Å². The summed E-state index contributed by atoms with van der Waals surface area (Å²) in [6.07, 6.45) is 38.0. The summed E-state index contributed by atoms with van der Waals surface area (Å²) in [5.41, 5.74) is 7.26. The normalized spacial score (nSPS) is 11.3. The molecule has 0 aliphatic rings. The van der Waals surface area contributed by atoms with Gasteiger partial charge in [-0.05, 0) is 67.5 Å². The Morgan fingerprint density at radius 3 is 1.24 bits per heavy atom. The molecule has 222 valence electrons. The fourth-order valence-corrected chi connectivity index (χ4v) is 6.49. The van der Waals surface area contributed by atoms with Crippen LogP contribution in [0.2, 0.25) is 0 Å². The summed E-state index contributed by atoms with van der Waals surface area (Å²) in [5.74, 6) is 6.17. The highest BCUT2D eigenvalue weighted by Gasteiger charge is 2.18. The molecule has 2 aromatic carbocycles. The van der Waals surface area contributed by atoms with Gasteiger partial charge in [-0.3, -0.25) is 0 Å². The van der Waals surface area contributed by atoms with E-state index in [2.05, 4.69) is 61.4 Å². The summed E-state index contributed by atoms with van der Waals surface area (Å²) >= 11 is 0. The number of rotatable bonds is 21. The largest absolute Gasteiger partial charge is 0.338 e. The van der Waals surface area contributed by atoms with Crippen LogP contribution in [-0.4, -0.2) is 4.57 Å². The molecule has 0 fully saturated rings. The zero-order valence-electron chi connectivity index (χ0n) is 26.8. The first-order valence-corrected chi connectivity index (χ1v) is 17.2. The van der Waals surface area contributed by atoms with Crippen LogP contribution in [0.1, 0.15) is 159 Å². The topological polar surface area (TPSA) is 4.93 Å². The van der Waals surface area contributed by atoms with E-state index in [1.807, 2.05) is 0 Å². The summed E-state index contributed by atoms with van der Waals surface area (Å²) in [6.45, 7) is 7.82. The van der Waals surface area contributed by atoms with Gasteiger partial charge in [-0.15, -0.1) is 12.8 Å². The lowest BCUT2D eigenvalue weighted by atomic mass is 9.97. The van der Waals surface area contributed by atoms with Crippen molar-refractivity contribution >= 4 is 21.8 Å². The van der Waals surface area contributed by atoms with E-state index < -0.39 is 0 Å². The highest BCUT2D eigenvalue weighted by atomic mass is 15.0. The second-order valence-electron chi connectivity index (χ2n) is 12.3. The van der Waals surface area contributed by atoms with Crippen molar-refractivity contribution in [2.75, 3.05) is 0 Å². The quantitative estimate of drug-likeness (QED) is 0.0916. The Hall–Kier alpha value is -2.64. The summed E-state index contributed by atoms with van der Waals surface area (Å²) in [7, 11) is 0. The van der Waals surface area contributed by atoms with E-state index in [9.17, 15) is 0 Å². The van der Waals surface area contributed by atoms with E-state index >= 15 is 0 Å². The Morgan fingerprint density at radius 2 is 0.854 bits per heavy atom. The SMILES string of the molecule is C#Cc1cc(CCCCCCCC)cc2c3cc(CCCCCCCC)cc(C#C)c3n(CCCCCCCC)c12. The van der Waals surface area contributed by atoms with E-state index in [1.54, 1.807) is 0 Å². The van der Waals surface area contributed by atoms with Crippen molar-refractivity contribution in [1.29, 1.82) is 0 Å². The van der Waals surface area contributed by atoms with Gasteiger partial charge in [0.25, 0.3) is 0 Å². The Bertz CT molecular complexity index is 1180. The van der Waals surface area contributed by atoms with Gasteiger partial charge in [-0.2, -0.15) is 0 Å². The van der Waals surface area contributed by atoms with E-state index in [1.165, 1.54) is 142 Å². The maximum atomic E-state index is 6.21. The monoisotopic (exact) mass is 551 g/mol. The highest BCUT2D eigenvalue weighted by molar-refractivity contribution is 6.12. The second-order valence-corrected chi connectivity index (χ2v) is 12.3. The van der Waals surface area contributed by atoms with Gasteiger partial charge < -0.3 is 4.57 Å². The first-order chi connectivity index (χ1) is 20.2. The molecule has 1 nitrogen and oxygen atoms in total. The number of fused-ring (bicyclic) bond motifs is 3. The van der Waals surface area contributed by atoms with Gasteiger partial charge in [-0.25, -0.2) is 0 Å².